The smallest absolute Gasteiger partial charge is 0.119 e. The van der Waals surface area contributed by atoms with E-state index in [-0.39, 0.29) is 0 Å². The topological polar surface area (TPSA) is 42.7 Å². The maximum atomic E-state index is 9.63. The molecule has 1 saturated heterocycles. The highest BCUT2D eigenvalue weighted by Crippen LogP contribution is 2.26. The Morgan fingerprint density at radius 3 is 2.13 bits per heavy atom. The molecule has 1 aliphatic heterocycles. The lowest BCUT2D eigenvalue weighted by Gasteiger charge is -2.37. The summed E-state index contributed by atoms with van der Waals surface area (Å²) in [5.41, 5.74) is 5.33. The van der Waals surface area contributed by atoms with E-state index < -0.39 is 0 Å². The monoisotopic (exact) mass is 412 g/mol. The average Bonchev–Trinajstić information content (AvgIpc) is 2.84. The number of nitrogens with zero attached hydrogens (tertiary/aromatic N) is 4. The van der Waals surface area contributed by atoms with Gasteiger partial charge in [0.2, 0.25) is 0 Å². The van der Waals surface area contributed by atoms with Crippen molar-refractivity contribution in [2.24, 2.45) is 0 Å². The van der Waals surface area contributed by atoms with E-state index in [1.54, 1.807) is 7.11 Å². The Bertz CT molecular complexity index is 1040. The predicted octanol–water partition coefficient (Wildman–Crippen LogP) is 4.53. The summed E-state index contributed by atoms with van der Waals surface area (Å²) >= 11 is 0. The Labute approximate surface area is 184 Å². The number of rotatable bonds is 6. The van der Waals surface area contributed by atoms with Gasteiger partial charge in [-0.1, -0.05) is 18.2 Å². The third kappa shape index (κ3) is 4.75. The van der Waals surface area contributed by atoms with E-state index in [4.69, 9.17) is 4.74 Å². The van der Waals surface area contributed by atoms with Gasteiger partial charge >= 0.3 is 0 Å². The van der Waals surface area contributed by atoms with Gasteiger partial charge in [0.15, 0.2) is 0 Å². The molecular formula is C26H28N4O. The summed E-state index contributed by atoms with van der Waals surface area (Å²) in [5.74, 6) is 0.839. The Morgan fingerprint density at radius 2 is 1.52 bits per heavy atom. The van der Waals surface area contributed by atoms with Gasteiger partial charge in [0.1, 0.15) is 5.75 Å². The zero-order chi connectivity index (χ0) is 21.6. The molecule has 0 radical (unpaired) electrons. The average molecular weight is 413 g/mol. The summed E-state index contributed by atoms with van der Waals surface area (Å²) in [7, 11) is 3.72. The first-order chi connectivity index (χ1) is 15.2. The first kappa shape index (κ1) is 20.6. The molecule has 1 heterocycles. The highest BCUT2D eigenvalue weighted by Gasteiger charge is 2.18. The lowest BCUT2D eigenvalue weighted by molar-refractivity contribution is 0.415. The molecule has 0 spiro atoms. The second-order valence-electron chi connectivity index (χ2n) is 7.82. The third-order valence-electron chi connectivity index (χ3n) is 5.90. The fraction of sp³-hybridized carbons (Fsp3) is 0.269. The van der Waals surface area contributed by atoms with Gasteiger partial charge in [-0.3, -0.25) is 0 Å². The van der Waals surface area contributed by atoms with Crippen LogP contribution < -0.4 is 19.4 Å². The molecule has 0 N–H and O–H groups in total. The number of hydrogen-bond acceptors (Lipinski definition) is 5. The highest BCUT2D eigenvalue weighted by molar-refractivity contribution is 5.57. The highest BCUT2D eigenvalue weighted by atomic mass is 16.5. The molecule has 0 atom stereocenters. The van der Waals surface area contributed by atoms with Crippen LogP contribution in [0.15, 0.2) is 72.8 Å². The number of nitriles is 1. The van der Waals surface area contributed by atoms with Crippen molar-refractivity contribution in [1.29, 1.82) is 5.26 Å². The van der Waals surface area contributed by atoms with Crippen LogP contribution in [-0.4, -0.2) is 40.3 Å². The second-order valence-corrected chi connectivity index (χ2v) is 7.82. The predicted molar refractivity (Wildman–Crippen MR) is 127 cm³/mol. The molecule has 5 nitrogen and oxygen atoms in total. The Balaban J connectivity index is 1.47. The molecule has 158 valence electrons. The summed E-state index contributed by atoms with van der Waals surface area (Å²) < 4.78 is 5.25. The number of benzene rings is 3. The zero-order valence-corrected chi connectivity index (χ0v) is 18.2. The number of ether oxygens (including phenoxy) is 1. The molecule has 0 unspecified atom stereocenters. The zero-order valence-electron chi connectivity index (χ0n) is 18.2. The van der Waals surface area contributed by atoms with Crippen LogP contribution in [0.25, 0.3) is 0 Å². The standard InChI is InChI=1S/C26H28N4O/c1-28(23-10-12-26(31-2)13-11-23)20-22-18-25(9-8-21(22)19-27)30-16-14-29(15-17-30)24-6-4-3-5-7-24/h3-13,18H,14-17,20H2,1-2H3. The van der Waals surface area contributed by atoms with Gasteiger partial charge in [-0.05, 0) is 60.2 Å². The number of anilines is 3. The summed E-state index contributed by atoms with van der Waals surface area (Å²) in [6.45, 7) is 4.59. The van der Waals surface area contributed by atoms with Crippen LogP contribution in [-0.2, 0) is 6.54 Å². The number of piperazine rings is 1. The van der Waals surface area contributed by atoms with Gasteiger partial charge < -0.3 is 19.4 Å². The summed E-state index contributed by atoms with van der Waals surface area (Å²) in [6.07, 6.45) is 0. The van der Waals surface area contributed by atoms with Gasteiger partial charge in [0.05, 0.1) is 18.7 Å². The van der Waals surface area contributed by atoms with Crippen LogP contribution in [0.4, 0.5) is 17.1 Å². The molecule has 3 aromatic rings. The molecule has 1 aliphatic rings. The van der Waals surface area contributed by atoms with E-state index in [1.165, 1.54) is 11.4 Å². The molecule has 1 fully saturated rings. The Morgan fingerprint density at radius 1 is 0.871 bits per heavy atom. The van der Waals surface area contributed by atoms with Crippen LogP contribution in [0.2, 0.25) is 0 Å². The first-order valence-electron chi connectivity index (χ1n) is 10.6. The molecular weight excluding hydrogens is 384 g/mol. The third-order valence-corrected chi connectivity index (χ3v) is 5.90. The molecule has 0 aliphatic carbocycles. The molecule has 3 aromatic carbocycles. The van der Waals surface area contributed by atoms with Gasteiger partial charge in [-0.25, -0.2) is 0 Å². The molecule has 0 aromatic heterocycles. The normalized spacial score (nSPS) is 13.6. The number of para-hydroxylation sites is 1. The fourth-order valence-electron chi connectivity index (χ4n) is 4.06. The number of hydrogen-bond donors (Lipinski definition) is 0. The lowest BCUT2D eigenvalue weighted by Crippen LogP contribution is -2.46. The minimum Gasteiger partial charge on any atom is -0.497 e. The van der Waals surface area contributed by atoms with Crippen LogP contribution >= 0.6 is 0 Å². The van der Waals surface area contributed by atoms with Gasteiger partial charge in [-0.15, -0.1) is 0 Å². The van der Waals surface area contributed by atoms with Crippen molar-refractivity contribution in [2.75, 3.05) is 55.0 Å². The van der Waals surface area contributed by atoms with Gasteiger partial charge in [-0.2, -0.15) is 5.26 Å². The van der Waals surface area contributed by atoms with E-state index in [0.717, 1.165) is 48.7 Å². The van der Waals surface area contributed by atoms with E-state index >= 15 is 0 Å². The van der Waals surface area contributed by atoms with Crippen LogP contribution in [0.1, 0.15) is 11.1 Å². The maximum Gasteiger partial charge on any atom is 0.119 e. The molecule has 31 heavy (non-hydrogen) atoms. The van der Waals surface area contributed by atoms with Crippen molar-refractivity contribution >= 4 is 17.1 Å². The molecule has 0 bridgehead atoms. The van der Waals surface area contributed by atoms with Crippen LogP contribution in [0.5, 0.6) is 5.75 Å². The molecule has 0 saturated carbocycles. The van der Waals surface area contributed by atoms with Crippen molar-refractivity contribution in [3.05, 3.63) is 83.9 Å². The van der Waals surface area contributed by atoms with Crippen molar-refractivity contribution in [2.45, 2.75) is 6.54 Å². The lowest BCUT2D eigenvalue weighted by atomic mass is 10.1. The quantitative estimate of drug-likeness (QED) is 0.595. The van der Waals surface area contributed by atoms with Crippen LogP contribution in [0, 0.1) is 11.3 Å². The van der Waals surface area contributed by atoms with Crippen molar-refractivity contribution in [3.8, 4) is 11.8 Å². The summed E-state index contributed by atoms with van der Waals surface area (Å²) in [6, 6.07) is 27.1. The minimum atomic E-state index is 0.674. The van der Waals surface area contributed by atoms with Crippen LogP contribution in [0.3, 0.4) is 0 Å². The van der Waals surface area contributed by atoms with Crippen molar-refractivity contribution in [3.63, 3.8) is 0 Å². The molecule has 5 heteroatoms. The Hall–Kier alpha value is -3.65. The van der Waals surface area contributed by atoms with Gasteiger partial charge in [0, 0.05) is 56.8 Å². The number of methoxy groups -OCH3 is 1. The van der Waals surface area contributed by atoms with E-state index in [1.807, 2.05) is 37.4 Å². The Kier molecular flexibility index (Phi) is 6.28. The van der Waals surface area contributed by atoms with E-state index in [9.17, 15) is 5.26 Å². The van der Waals surface area contributed by atoms with Gasteiger partial charge in [0.25, 0.3) is 0 Å². The van der Waals surface area contributed by atoms with E-state index in [2.05, 4.69) is 63.2 Å². The molecule has 4 rings (SSSR count). The summed E-state index contributed by atoms with van der Waals surface area (Å²) in [4.78, 5) is 7.00. The largest absolute Gasteiger partial charge is 0.497 e. The second kappa shape index (κ2) is 9.44. The SMILES string of the molecule is COc1ccc(N(C)Cc2cc(N3CCN(c4ccccc4)CC3)ccc2C#N)cc1. The molecule has 0 amide bonds. The van der Waals surface area contributed by atoms with Crippen molar-refractivity contribution < 1.29 is 4.74 Å². The van der Waals surface area contributed by atoms with Crippen molar-refractivity contribution in [1.82, 2.24) is 0 Å². The fourth-order valence-corrected chi connectivity index (χ4v) is 4.06. The minimum absolute atomic E-state index is 0.674. The van der Waals surface area contributed by atoms with E-state index in [0.29, 0.717) is 6.54 Å². The summed E-state index contributed by atoms with van der Waals surface area (Å²) in [5, 5.41) is 9.63. The first-order valence-corrected chi connectivity index (χ1v) is 10.6. The maximum absolute atomic E-state index is 9.63.